The second-order valence-corrected chi connectivity index (χ2v) is 2.91. The van der Waals surface area contributed by atoms with Crippen molar-refractivity contribution >= 4 is 5.71 Å². The molecule has 0 heterocycles. The van der Waals surface area contributed by atoms with Crippen molar-refractivity contribution in [1.82, 2.24) is 0 Å². The highest BCUT2D eigenvalue weighted by Crippen LogP contribution is 2.35. The highest BCUT2D eigenvalue weighted by Gasteiger charge is 2.32. The van der Waals surface area contributed by atoms with Crippen LogP contribution in [-0.2, 0) is 0 Å². The Morgan fingerprint density at radius 2 is 2.11 bits per heavy atom. The van der Waals surface area contributed by atoms with Crippen LogP contribution in [-0.4, -0.2) is 5.71 Å². The molecule has 9 heavy (non-hydrogen) atoms. The molecule has 0 radical (unpaired) electrons. The van der Waals surface area contributed by atoms with E-state index in [-0.39, 0.29) is 0 Å². The van der Waals surface area contributed by atoms with Gasteiger partial charge in [0.1, 0.15) is 0 Å². The highest BCUT2D eigenvalue weighted by molar-refractivity contribution is 5.89. The van der Waals surface area contributed by atoms with Gasteiger partial charge in [-0.2, -0.15) is 0 Å². The molecule has 52 valence electrons. The van der Waals surface area contributed by atoms with Crippen LogP contribution in [0.4, 0.5) is 0 Å². The van der Waals surface area contributed by atoms with Gasteiger partial charge in [0, 0.05) is 5.71 Å². The van der Waals surface area contributed by atoms with E-state index in [9.17, 15) is 0 Å². The lowest BCUT2D eigenvalue weighted by Crippen LogP contribution is -2.35. The molecule has 0 aromatic heterocycles. The predicted octanol–water partition coefficient (Wildman–Crippen LogP) is 2.46. The van der Waals surface area contributed by atoms with Crippen LogP contribution in [0.15, 0.2) is 0 Å². The molecule has 1 saturated carbocycles. The van der Waals surface area contributed by atoms with Crippen molar-refractivity contribution in [1.29, 1.82) is 5.41 Å². The molecule has 1 heteroatoms. The van der Waals surface area contributed by atoms with Gasteiger partial charge >= 0.3 is 0 Å². The molecule has 1 aliphatic rings. The zero-order valence-electron chi connectivity index (χ0n) is 6.28. The number of hydrogen-bond acceptors (Lipinski definition) is 1. The van der Waals surface area contributed by atoms with Crippen molar-refractivity contribution in [2.75, 3.05) is 0 Å². The van der Waals surface area contributed by atoms with Gasteiger partial charge in [0.25, 0.3) is 0 Å². The van der Waals surface area contributed by atoms with Crippen molar-refractivity contribution in [2.45, 2.75) is 33.1 Å². The molecule has 0 saturated heterocycles. The SMILES string of the molecule is CCC1CC(=N)C1CC. The Labute approximate surface area is 57.0 Å². The van der Waals surface area contributed by atoms with E-state index >= 15 is 0 Å². The fourth-order valence-electron chi connectivity index (χ4n) is 1.71. The molecule has 1 aliphatic carbocycles. The van der Waals surface area contributed by atoms with Gasteiger partial charge in [0.15, 0.2) is 0 Å². The topological polar surface area (TPSA) is 23.9 Å². The summed E-state index contributed by atoms with van der Waals surface area (Å²) in [6.07, 6.45) is 3.52. The number of nitrogens with one attached hydrogen (secondary N) is 1. The minimum atomic E-state index is 0.648. The lowest BCUT2D eigenvalue weighted by atomic mass is 9.69. The van der Waals surface area contributed by atoms with Crippen molar-refractivity contribution in [3.63, 3.8) is 0 Å². The molecule has 0 aromatic carbocycles. The van der Waals surface area contributed by atoms with Gasteiger partial charge in [-0.1, -0.05) is 20.3 Å². The normalized spacial score (nSPS) is 34.2. The van der Waals surface area contributed by atoms with Gasteiger partial charge in [0.05, 0.1) is 0 Å². The van der Waals surface area contributed by atoms with Crippen LogP contribution >= 0.6 is 0 Å². The van der Waals surface area contributed by atoms with Crippen molar-refractivity contribution in [3.8, 4) is 0 Å². The zero-order valence-corrected chi connectivity index (χ0v) is 6.28. The Kier molecular flexibility index (Phi) is 1.89. The van der Waals surface area contributed by atoms with Gasteiger partial charge in [-0.05, 0) is 24.7 Å². The van der Waals surface area contributed by atoms with Crippen LogP contribution in [0.1, 0.15) is 33.1 Å². The third-order valence-electron chi connectivity index (χ3n) is 2.46. The Morgan fingerprint density at radius 1 is 1.44 bits per heavy atom. The van der Waals surface area contributed by atoms with E-state index in [2.05, 4.69) is 13.8 Å². The summed E-state index contributed by atoms with van der Waals surface area (Å²) in [4.78, 5) is 0. The van der Waals surface area contributed by atoms with Crippen LogP contribution in [0.25, 0.3) is 0 Å². The van der Waals surface area contributed by atoms with Crippen LogP contribution in [0.5, 0.6) is 0 Å². The summed E-state index contributed by atoms with van der Waals surface area (Å²) < 4.78 is 0. The summed E-state index contributed by atoms with van der Waals surface area (Å²) in [5, 5.41) is 7.42. The van der Waals surface area contributed by atoms with Crippen molar-refractivity contribution in [2.24, 2.45) is 11.8 Å². The van der Waals surface area contributed by atoms with E-state index in [1.807, 2.05) is 0 Å². The second kappa shape index (κ2) is 2.51. The largest absolute Gasteiger partial charge is 0.309 e. The summed E-state index contributed by atoms with van der Waals surface area (Å²) in [7, 11) is 0. The number of rotatable bonds is 2. The van der Waals surface area contributed by atoms with E-state index < -0.39 is 0 Å². The van der Waals surface area contributed by atoms with E-state index in [4.69, 9.17) is 5.41 Å². The molecule has 0 spiro atoms. The fourth-order valence-corrected chi connectivity index (χ4v) is 1.71. The standard InChI is InChI=1S/C8H15N/c1-3-6-5-8(9)7(6)4-2/h6-7,9H,3-5H2,1-2H3. The summed E-state index contributed by atoms with van der Waals surface area (Å²) in [5.41, 5.74) is 0.990. The van der Waals surface area contributed by atoms with E-state index in [1.54, 1.807) is 0 Å². The van der Waals surface area contributed by atoms with E-state index in [0.717, 1.165) is 18.1 Å². The van der Waals surface area contributed by atoms with Gasteiger partial charge in [-0.3, -0.25) is 0 Å². The minimum Gasteiger partial charge on any atom is -0.309 e. The fraction of sp³-hybridized carbons (Fsp3) is 0.875. The van der Waals surface area contributed by atoms with Crippen LogP contribution in [0.2, 0.25) is 0 Å². The Morgan fingerprint density at radius 3 is 2.33 bits per heavy atom. The van der Waals surface area contributed by atoms with E-state index in [0.29, 0.717) is 5.92 Å². The van der Waals surface area contributed by atoms with Crippen molar-refractivity contribution in [3.05, 3.63) is 0 Å². The third-order valence-corrected chi connectivity index (χ3v) is 2.46. The zero-order chi connectivity index (χ0) is 6.85. The molecule has 2 atom stereocenters. The summed E-state index contributed by atoms with van der Waals surface area (Å²) >= 11 is 0. The van der Waals surface area contributed by atoms with Crippen molar-refractivity contribution < 1.29 is 0 Å². The average molecular weight is 125 g/mol. The average Bonchev–Trinajstić information content (AvgIpc) is 1.83. The summed E-state index contributed by atoms with van der Waals surface area (Å²) in [5.74, 6) is 1.50. The molecule has 1 N–H and O–H groups in total. The molecule has 1 fully saturated rings. The molecule has 1 nitrogen and oxygen atoms in total. The predicted molar refractivity (Wildman–Crippen MR) is 39.9 cm³/mol. The van der Waals surface area contributed by atoms with Gasteiger partial charge in [-0.15, -0.1) is 0 Å². The summed E-state index contributed by atoms with van der Waals surface area (Å²) in [6.45, 7) is 4.40. The quantitative estimate of drug-likeness (QED) is 0.586. The van der Waals surface area contributed by atoms with Crippen LogP contribution in [0, 0.1) is 17.2 Å². The molecule has 1 rings (SSSR count). The van der Waals surface area contributed by atoms with Gasteiger partial charge < -0.3 is 5.41 Å². The molecular weight excluding hydrogens is 110 g/mol. The third kappa shape index (κ3) is 1.00. The Bertz CT molecular complexity index is 118. The maximum Gasteiger partial charge on any atom is 0.0126 e. The molecule has 2 unspecified atom stereocenters. The maximum absolute atomic E-state index is 7.42. The molecular formula is C8H15N. The Hall–Kier alpha value is -0.330. The lowest BCUT2D eigenvalue weighted by Gasteiger charge is -2.36. The second-order valence-electron chi connectivity index (χ2n) is 2.91. The Balaban J connectivity index is 2.38. The molecule has 0 aromatic rings. The first-order chi connectivity index (χ1) is 4.29. The van der Waals surface area contributed by atoms with Crippen LogP contribution < -0.4 is 0 Å². The smallest absolute Gasteiger partial charge is 0.0126 e. The lowest BCUT2D eigenvalue weighted by molar-refractivity contribution is 0.335. The molecule has 0 aliphatic heterocycles. The highest BCUT2D eigenvalue weighted by atomic mass is 14.5. The minimum absolute atomic E-state index is 0.648. The van der Waals surface area contributed by atoms with Gasteiger partial charge in [-0.25, -0.2) is 0 Å². The van der Waals surface area contributed by atoms with E-state index in [1.165, 1.54) is 12.8 Å². The molecule has 0 amide bonds. The van der Waals surface area contributed by atoms with Crippen LogP contribution in [0.3, 0.4) is 0 Å². The first kappa shape index (κ1) is 6.79. The first-order valence-electron chi connectivity index (χ1n) is 3.86. The monoisotopic (exact) mass is 125 g/mol. The summed E-state index contributed by atoms with van der Waals surface area (Å²) in [6, 6.07) is 0. The molecule has 0 bridgehead atoms. The first-order valence-corrected chi connectivity index (χ1v) is 3.86. The maximum atomic E-state index is 7.42. The number of hydrogen-bond donors (Lipinski definition) is 1. The van der Waals surface area contributed by atoms with Gasteiger partial charge in [0.2, 0.25) is 0 Å².